The maximum absolute atomic E-state index is 4.42. The summed E-state index contributed by atoms with van der Waals surface area (Å²) in [6, 6.07) is 9.00. The van der Waals surface area contributed by atoms with Gasteiger partial charge in [-0.3, -0.25) is 4.99 Å². The molecule has 0 spiro atoms. The average molecular weight is 386 g/mol. The maximum Gasteiger partial charge on any atom is 0.193 e. The number of aliphatic imine (C=N–C) groups is 1. The van der Waals surface area contributed by atoms with Crippen molar-refractivity contribution in [2.24, 2.45) is 4.99 Å². The van der Waals surface area contributed by atoms with E-state index in [0.717, 1.165) is 25.5 Å². The topological polar surface area (TPSA) is 43.8 Å². The van der Waals surface area contributed by atoms with E-state index in [1.807, 2.05) is 13.2 Å². The van der Waals surface area contributed by atoms with Crippen molar-refractivity contribution in [3.05, 3.63) is 45.9 Å². The standard InChI is InChI=1S/C21H31N5S/c1-17-15-24-20(27-17)11-12-23-21(22-2)25(3)16-18-7-9-19(10-8-18)26-13-5-4-6-14-26/h7-10,15H,4-6,11-14,16H2,1-3H3,(H,22,23). The fourth-order valence-electron chi connectivity index (χ4n) is 3.50. The summed E-state index contributed by atoms with van der Waals surface area (Å²) in [6.07, 6.45) is 6.86. The van der Waals surface area contributed by atoms with Gasteiger partial charge in [-0.15, -0.1) is 11.3 Å². The first-order valence-corrected chi connectivity index (χ1v) is 10.6. The highest BCUT2D eigenvalue weighted by atomic mass is 32.1. The zero-order valence-electron chi connectivity index (χ0n) is 16.7. The Bertz CT molecular complexity index is 731. The first kappa shape index (κ1) is 19.7. The Morgan fingerprint density at radius 2 is 1.96 bits per heavy atom. The Balaban J connectivity index is 1.49. The van der Waals surface area contributed by atoms with Crippen LogP contribution in [0.25, 0.3) is 0 Å². The fraction of sp³-hybridized carbons (Fsp3) is 0.524. The normalized spacial score (nSPS) is 15.1. The third-order valence-corrected chi connectivity index (χ3v) is 5.91. The van der Waals surface area contributed by atoms with E-state index >= 15 is 0 Å². The number of anilines is 1. The van der Waals surface area contributed by atoms with Gasteiger partial charge in [0.25, 0.3) is 0 Å². The summed E-state index contributed by atoms with van der Waals surface area (Å²) in [5, 5.41) is 4.62. The lowest BCUT2D eigenvalue weighted by Crippen LogP contribution is -2.39. The summed E-state index contributed by atoms with van der Waals surface area (Å²) in [6.45, 7) is 6.16. The molecule has 5 nitrogen and oxygen atoms in total. The van der Waals surface area contributed by atoms with Crippen LogP contribution in [0.3, 0.4) is 0 Å². The molecule has 1 aliphatic heterocycles. The molecule has 0 bridgehead atoms. The second-order valence-corrected chi connectivity index (χ2v) is 8.48. The molecule has 0 unspecified atom stereocenters. The van der Waals surface area contributed by atoms with Crippen molar-refractivity contribution in [3.63, 3.8) is 0 Å². The van der Waals surface area contributed by atoms with E-state index in [4.69, 9.17) is 0 Å². The zero-order chi connectivity index (χ0) is 19.1. The SMILES string of the molecule is CN=C(NCCc1ncc(C)s1)N(C)Cc1ccc(N2CCCCC2)cc1. The van der Waals surface area contributed by atoms with Gasteiger partial charge in [0.2, 0.25) is 0 Å². The predicted octanol–water partition coefficient (Wildman–Crippen LogP) is 3.69. The van der Waals surface area contributed by atoms with E-state index in [1.165, 1.54) is 53.5 Å². The van der Waals surface area contributed by atoms with E-state index in [0.29, 0.717) is 0 Å². The smallest absolute Gasteiger partial charge is 0.193 e. The third kappa shape index (κ3) is 5.70. The van der Waals surface area contributed by atoms with Crippen LogP contribution >= 0.6 is 11.3 Å². The number of hydrogen-bond acceptors (Lipinski definition) is 4. The molecule has 6 heteroatoms. The molecule has 0 atom stereocenters. The van der Waals surface area contributed by atoms with Gasteiger partial charge in [-0.25, -0.2) is 4.98 Å². The minimum atomic E-state index is 0.844. The maximum atomic E-state index is 4.42. The summed E-state index contributed by atoms with van der Waals surface area (Å²) in [5.41, 5.74) is 2.65. The van der Waals surface area contributed by atoms with Crippen molar-refractivity contribution >= 4 is 23.0 Å². The molecule has 1 saturated heterocycles. The van der Waals surface area contributed by atoms with Crippen LogP contribution in [0.1, 0.15) is 34.7 Å². The van der Waals surface area contributed by atoms with Crippen LogP contribution in [-0.2, 0) is 13.0 Å². The molecule has 2 heterocycles. The number of aromatic nitrogens is 1. The monoisotopic (exact) mass is 385 g/mol. The van der Waals surface area contributed by atoms with Gasteiger partial charge in [0.1, 0.15) is 0 Å². The molecule has 1 aliphatic rings. The molecule has 1 aromatic carbocycles. The quantitative estimate of drug-likeness (QED) is 0.608. The molecule has 0 radical (unpaired) electrons. The molecule has 146 valence electrons. The minimum Gasteiger partial charge on any atom is -0.372 e. The van der Waals surface area contributed by atoms with Crippen molar-refractivity contribution in [1.82, 2.24) is 15.2 Å². The molecule has 0 amide bonds. The van der Waals surface area contributed by atoms with Crippen LogP contribution in [0.4, 0.5) is 5.69 Å². The minimum absolute atomic E-state index is 0.844. The molecule has 2 aromatic rings. The van der Waals surface area contributed by atoms with Crippen LogP contribution in [0.15, 0.2) is 35.5 Å². The summed E-state index contributed by atoms with van der Waals surface area (Å²) in [7, 11) is 3.92. The van der Waals surface area contributed by atoms with Crippen LogP contribution in [0, 0.1) is 6.92 Å². The molecule has 1 N–H and O–H groups in total. The van der Waals surface area contributed by atoms with Crippen LogP contribution < -0.4 is 10.2 Å². The van der Waals surface area contributed by atoms with Crippen molar-refractivity contribution < 1.29 is 0 Å². The lowest BCUT2D eigenvalue weighted by atomic mass is 10.1. The van der Waals surface area contributed by atoms with E-state index in [-0.39, 0.29) is 0 Å². The van der Waals surface area contributed by atoms with Crippen LogP contribution in [0.2, 0.25) is 0 Å². The molecule has 0 saturated carbocycles. The number of piperidine rings is 1. The second kappa shape index (κ2) is 9.74. The van der Waals surface area contributed by atoms with Crippen molar-refractivity contribution in [2.75, 3.05) is 38.6 Å². The van der Waals surface area contributed by atoms with Crippen LogP contribution in [-0.4, -0.2) is 49.6 Å². The Morgan fingerprint density at radius 3 is 2.59 bits per heavy atom. The Hall–Kier alpha value is -2.08. The first-order chi connectivity index (χ1) is 13.2. The van der Waals surface area contributed by atoms with Crippen molar-refractivity contribution in [3.8, 4) is 0 Å². The van der Waals surface area contributed by atoms with Gasteiger partial charge in [0.05, 0.1) is 5.01 Å². The fourth-order valence-corrected chi connectivity index (χ4v) is 4.28. The Kier molecular flexibility index (Phi) is 7.10. The van der Waals surface area contributed by atoms with E-state index in [1.54, 1.807) is 11.3 Å². The predicted molar refractivity (Wildman–Crippen MR) is 116 cm³/mol. The molecule has 27 heavy (non-hydrogen) atoms. The average Bonchev–Trinajstić information content (AvgIpc) is 3.11. The van der Waals surface area contributed by atoms with Gasteiger partial charge < -0.3 is 15.1 Å². The van der Waals surface area contributed by atoms with Gasteiger partial charge in [-0.1, -0.05) is 12.1 Å². The molecule has 1 aromatic heterocycles. The highest BCUT2D eigenvalue weighted by Crippen LogP contribution is 2.20. The highest BCUT2D eigenvalue weighted by Gasteiger charge is 2.11. The van der Waals surface area contributed by atoms with E-state index in [9.17, 15) is 0 Å². The number of thiazole rings is 1. The largest absolute Gasteiger partial charge is 0.372 e. The number of nitrogens with zero attached hydrogens (tertiary/aromatic N) is 4. The van der Waals surface area contributed by atoms with E-state index < -0.39 is 0 Å². The lowest BCUT2D eigenvalue weighted by Gasteiger charge is -2.29. The number of benzene rings is 1. The molecular formula is C21H31N5S. The summed E-state index contributed by atoms with van der Waals surface area (Å²) >= 11 is 1.76. The lowest BCUT2D eigenvalue weighted by molar-refractivity contribution is 0.477. The molecule has 3 rings (SSSR count). The summed E-state index contributed by atoms with van der Waals surface area (Å²) in [5.74, 6) is 0.920. The summed E-state index contributed by atoms with van der Waals surface area (Å²) in [4.78, 5) is 14.8. The van der Waals surface area contributed by atoms with Crippen molar-refractivity contribution in [2.45, 2.75) is 39.2 Å². The van der Waals surface area contributed by atoms with Gasteiger partial charge in [-0.2, -0.15) is 0 Å². The number of guanidine groups is 1. The third-order valence-electron chi connectivity index (χ3n) is 4.94. The molecule has 1 fully saturated rings. The van der Waals surface area contributed by atoms with Gasteiger partial charge >= 0.3 is 0 Å². The summed E-state index contributed by atoms with van der Waals surface area (Å²) < 4.78 is 0. The second-order valence-electron chi connectivity index (χ2n) is 7.16. The van der Waals surface area contributed by atoms with Gasteiger partial charge in [0, 0.05) is 63.5 Å². The van der Waals surface area contributed by atoms with Crippen molar-refractivity contribution in [1.29, 1.82) is 0 Å². The Labute approximate surface area is 167 Å². The zero-order valence-corrected chi connectivity index (χ0v) is 17.6. The number of hydrogen-bond donors (Lipinski definition) is 1. The van der Waals surface area contributed by atoms with Gasteiger partial charge in [0.15, 0.2) is 5.96 Å². The number of rotatable bonds is 6. The van der Waals surface area contributed by atoms with E-state index in [2.05, 4.69) is 63.3 Å². The van der Waals surface area contributed by atoms with Crippen LogP contribution in [0.5, 0.6) is 0 Å². The highest BCUT2D eigenvalue weighted by molar-refractivity contribution is 7.11. The first-order valence-electron chi connectivity index (χ1n) is 9.82. The Morgan fingerprint density at radius 1 is 1.22 bits per heavy atom. The molecule has 0 aliphatic carbocycles. The number of nitrogens with one attached hydrogen (secondary N) is 1. The molecular weight excluding hydrogens is 354 g/mol. The van der Waals surface area contributed by atoms with Gasteiger partial charge in [-0.05, 0) is 43.9 Å². The number of aryl methyl sites for hydroxylation is 1.